The van der Waals surface area contributed by atoms with Crippen molar-refractivity contribution in [1.29, 1.82) is 0 Å². The zero-order valence-corrected chi connectivity index (χ0v) is 24.5. The average molecular weight is 628 g/mol. The van der Waals surface area contributed by atoms with Gasteiger partial charge in [0.2, 0.25) is 5.91 Å². The molecule has 4 rings (SSSR count). The third-order valence-corrected chi connectivity index (χ3v) is 7.20. The molecule has 1 heterocycles. The van der Waals surface area contributed by atoms with Crippen LogP contribution in [0, 0.1) is 0 Å². The molecule has 202 valence electrons. The second-order valence-corrected chi connectivity index (χ2v) is 10.4. The molecule has 1 saturated heterocycles. The van der Waals surface area contributed by atoms with E-state index in [1.165, 1.54) is 0 Å². The number of hydrogen-bond donors (Lipinski definition) is 2. The van der Waals surface area contributed by atoms with Crippen LogP contribution in [0.3, 0.4) is 0 Å². The minimum atomic E-state index is -0.343. The van der Waals surface area contributed by atoms with Gasteiger partial charge in [0, 0.05) is 43.5 Å². The highest BCUT2D eigenvalue weighted by molar-refractivity contribution is 9.10. The first-order valence-electron chi connectivity index (χ1n) is 12.4. The minimum absolute atomic E-state index is 0.00250. The third kappa shape index (κ3) is 7.81. The van der Waals surface area contributed by atoms with Gasteiger partial charge >= 0.3 is 0 Å². The molecule has 0 saturated carbocycles. The van der Waals surface area contributed by atoms with Gasteiger partial charge in [0.05, 0.1) is 21.8 Å². The van der Waals surface area contributed by atoms with Crippen LogP contribution in [-0.2, 0) is 4.79 Å². The lowest BCUT2D eigenvalue weighted by Crippen LogP contribution is -2.48. The first-order chi connectivity index (χ1) is 18.8. The van der Waals surface area contributed by atoms with E-state index in [-0.39, 0.29) is 16.9 Å². The zero-order valence-electron chi connectivity index (χ0n) is 21.3. The maximum absolute atomic E-state index is 12.6. The number of carbonyl (C=O) groups is 2. The molecule has 0 aliphatic carbocycles. The predicted octanol–water partition coefficient (Wildman–Crippen LogP) is 5.99. The van der Waals surface area contributed by atoms with Crippen LogP contribution < -0.4 is 20.3 Å². The molecular formula is C29H28BrClN4O3S. The molecule has 0 radical (unpaired) electrons. The third-order valence-electron chi connectivity index (χ3n) is 6.08. The van der Waals surface area contributed by atoms with Gasteiger partial charge in [-0.3, -0.25) is 14.9 Å². The van der Waals surface area contributed by atoms with Gasteiger partial charge in [-0.2, -0.15) is 0 Å². The number of halogens is 2. The molecule has 3 aromatic carbocycles. The van der Waals surface area contributed by atoms with Crippen molar-refractivity contribution in [2.75, 3.05) is 43.0 Å². The molecule has 10 heteroatoms. The zero-order chi connectivity index (χ0) is 27.8. The van der Waals surface area contributed by atoms with Crippen LogP contribution in [0.5, 0.6) is 5.75 Å². The molecule has 0 unspecified atom stereocenters. The van der Waals surface area contributed by atoms with Crippen LogP contribution in [0.25, 0.3) is 6.08 Å². The smallest absolute Gasteiger partial charge is 0.257 e. The van der Waals surface area contributed by atoms with Gasteiger partial charge in [0.25, 0.3) is 5.91 Å². The van der Waals surface area contributed by atoms with Crippen LogP contribution in [0.4, 0.5) is 11.4 Å². The second kappa shape index (κ2) is 13.6. The van der Waals surface area contributed by atoms with E-state index in [2.05, 4.69) is 31.5 Å². The number of nitrogens with one attached hydrogen (secondary N) is 2. The van der Waals surface area contributed by atoms with Gasteiger partial charge in [-0.05, 0) is 83.1 Å². The highest BCUT2D eigenvalue weighted by Gasteiger charge is 2.21. The maximum atomic E-state index is 12.6. The Morgan fingerprint density at radius 2 is 1.79 bits per heavy atom. The largest absolute Gasteiger partial charge is 0.493 e. The Morgan fingerprint density at radius 3 is 2.46 bits per heavy atom. The number of carbonyl (C=O) groups excluding carboxylic acids is 2. The number of ether oxygens (including phenoxy) is 1. The fourth-order valence-corrected chi connectivity index (χ4v) is 5.10. The Labute approximate surface area is 246 Å². The predicted molar refractivity (Wildman–Crippen MR) is 165 cm³/mol. The van der Waals surface area contributed by atoms with Gasteiger partial charge < -0.3 is 19.9 Å². The number of hydrogen-bond acceptors (Lipinski definition) is 5. The van der Waals surface area contributed by atoms with Crippen LogP contribution in [0.2, 0.25) is 5.02 Å². The number of thiocarbonyl (C=S) groups is 1. The van der Waals surface area contributed by atoms with E-state index in [9.17, 15) is 9.59 Å². The van der Waals surface area contributed by atoms with Gasteiger partial charge in [-0.15, -0.1) is 0 Å². The summed E-state index contributed by atoms with van der Waals surface area (Å²) in [5.74, 6) is 0.319. The van der Waals surface area contributed by atoms with Crippen molar-refractivity contribution in [3.05, 3.63) is 93.4 Å². The Morgan fingerprint density at radius 1 is 1.05 bits per heavy atom. The van der Waals surface area contributed by atoms with E-state index in [1.807, 2.05) is 60.4 Å². The number of rotatable bonds is 7. The summed E-state index contributed by atoms with van der Waals surface area (Å²) in [6.07, 6.45) is 3.45. The summed E-state index contributed by atoms with van der Waals surface area (Å²) in [7, 11) is 0. The van der Waals surface area contributed by atoms with Crippen LogP contribution in [-0.4, -0.2) is 54.6 Å². The van der Waals surface area contributed by atoms with Gasteiger partial charge in [0.15, 0.2) is 5.11 Å². The number of anilines is 2. The van der Waals surface area contributed by atoms with Crippen molar-refractivity contribution in [2.45, 2.75) is 6.92 Å². The molecule has 7 nitrogen and oxygen atoms in total. The first-order valence-corrected chi connectivity index (χ1v) is 14.0. The van der Waals surface area contributed by atoms with E-state index in [0.717, 1.165) is 11.3 Å². The van der Waals surface area contributed by atoms with E-state index >= 15 is 0 Å². The number of piperazine rings is 1. The van der Waals surface area contributed by atoms with Crippen molar-refractivity contribution >= 4 is 74.1 Å². The average Bonchev–Trinajstić information content (AvgIpc) is 2.93. The van der Waals surface area contributed by atoms with Crippen molar-refractivity contribution in [2.24, 2.45) is 0 Å². The summed E-state index contributed by atoms with van der Waals surface area (Å²) < 4.78 is 6.17. The lowest BCUT2D eigenvalue weighted by molar-refractivity contribution is -0.126. The summed E-state index contributed by atoms with van der Waals surface area (Å²) in [5, 5.41) is 6.40. The fourth-order valence-electron chi connectivity index (χ4n) is 4.10. The summed E-state index contributed by atoms with van der Waals surface area (Å²) in [5.41, 5.74) is 2.97. The standard InChI is InChI=1S/C29H28BrClN4O3S/c1-2-38-26-12-9-21(18-23(26)30)28(37)33-29(39)32-22-10-11-25(24(31)19-22)34-14-16-35(17-15-34)27(36)13-8-20-6-4-3-5-7-20/h3-13,18-19H,2,14-17H2,1H3,(H2,32,33,37,39)/b13-8+. The number of amides is 2. The van der Waals surface area contributed by atoms with E-state index < -0.39 is 0 Å². The molecule has 2 N–H and O–H groups in total. The fraction of sp³-hybridized carbons (Fsp3) is 0.207. The second-order valence-electron chi connectivity index (χ2n) is 8.71. The summed E-state index contributed by atoms with van der Waals surface area (Å²) in [4.78, 5) is 29.2. The molecule has 1 aliphatic heterocycles. The molecule has 3 aromatic rings. The molecule has 0 atom stereocenters. The lowest BCUT2D eigenvalue weighted by atomic mass is 10.2. The Kier molecular flexibility index (Phi) is 9.97. The Hall–Kier alpha value is -3.40. The van der Waals surface area contributed by atoms with Gasteiger partial charge in [-0.1, -0.05) is 41.9 Å². The van der Waals surface area contributed by atoms with Crippen molar-refractivity contribution in [1.82, 2.24) is 10.2 Å². The quantitative estimate of drug-likeness (QED) is 0.248. The first kappa shape index (κ1) is 28.6. The summed E-state index contributed by atoms with van der Waals surface area (Å²) in [6, 6.07) is 20.4. The summed E-state index contributed by atoms with van der Waals surface area (Å²) in [6.45, 7) is 4.97. The molecule has 1 aliphatic rings. The van der Waals surface area contributed by atoms with E-state index in [4.69, 9.17) is 28.6 Å². The monoisotopic (exact) mass is 626 g/mol. The minimum Gasteiger partial charge on any atom is -0.493 e. The van der Waals surface area contributed by atoms with Crippen LogP contribution >= 0.6 is 39.7 Å². The molecule has 0 bridgehead atoms. The van der Waals surface area contributed by atoms with Crippen molar-refractivity contribution < 1.29 is 14.3 Å². The Bertz CT molecular complexity index is 1380. The molecule has 2 amide bonds. The normalized spacial score (nSPS) is 13.3. The van der Waals surface area contributed by atoms with E-state index in [0.29, 0.717) is 59.3 Å². The van der Waals surface area contributed by atoms with Crippen LogP contribution in [0.1, 0.15) is 22.8 Å². The Balaban J connectivity index is 1.29. The highest BCUT2D eigenvalue weighted by atomic mass is 79.9. The summed E-state index contributed by atoms with van der Waals surface area (Å²) >= 11 is 15.3. The topological polar surface area (TPSA) is 73.9 Å². The lowest BCUT2D eigenvalue weighted by Gasteiger charge is -2.36. The van der Waals surface area contributed by atoms with Crippen molar-refractivity contribution in [3.8, 4) is 5.75 Å². The van der Waals surface area contributed by atoms with Crippen LogP contribution in [0.15, 0.2) is 77.3 Å². The number of benzene rings is 3. The SMILES string of the molecule is CCOc1ccc(C(=O)NC(=S)Nc2ccc(N3CCN(C(=O)/C=C/c4ccccc4)CC3)c(Cl)c2)cc1Br. The molecule has 1 fully saturated rings. The van der Waals surface area contributed by atoms with Gasteiger partial charge in [-0.25, -0.2) is 0 Å². The maximum Gasteiger partial charge on any atom is 0.257 e. The van der Waals surface area contributed by atoms with Gasteiger partial charge in [0.1, 0.15) is 5.75 Å². The van der Waals surface area contributed by atoms with E-state index in [1.54, 1.807) is 30.3 Å². The number of nitrogens with zero attached hydrogens (tertiary/aromatic N) is 2. The highest BCUT2D eigenvalue weighted by Crippen LogP contribution is 2.30. The molecule has 0 aromatic heterocycles. The molecule has 39 heavy (non-hydrogen) atoms. The van der Waals surface area contributed by atoms with Crippen molar-refractivity contribution in [3.63, 3.8) is 0 Å². The molecular weight excluding hydrogens is 600 g/mol. The molecule has 0 spiro atoms.